The maximum absolute atomic E-state index is 6.65. The highest BCUT2D eigenvalue weighted by atomic mass is 32.2. The van der Waals surface area contributed by atoms with Gasteiger partial charge in [0.05, 0.1) is 11.2 Å². The van der Waals surface area contributed by atoms with E-state index >= 15 is 0 Å². The third-order valence-corrected chi connectivity index (χ3v) is 9.68. The Labute approximate surface area is 242 Å². The first-order valence-corrected chi connectivity index (χ1v) is 16.8. The van der Waals surface area contributed by atoms with Crippen molar-refractivity contribution in [3.63, 3.8) is 0 Å². The minimum absolute atomic E-state index is 0.0415. The maximum Gasteiger partial charge on any atom is 0.158 e. The Balaban J connectivity index is 1.16. The SMILES string of the molecule is CC(CCCCSCCCCC(C)(OC1CCCCO1)c1ccccc1)(OC1CCCCO1)C1=CC=CCC1. The molecule has 0 spiro atoms. The molecule has 0 aromatic heterocycles. The molecule has 1 aromatic rings. The lowest BCUT2D eigenvalue weighted by Crippen LogP contribution is -2.38. The van der Waals surface area contributed by atoms with E-state index in [9.17, 15) is 0 Å². The number of rotatable bonds is 16. The van der Waals surface area contributed by atoms with Gasteiger partial charge in [0.15, 0.2) is 12.6 Å². The van der Waals surface area contributed by atoms with E-state index in [2.05, 4.69) is 74.2 Å². The molecule has 0 radical (unpaired) electrons. The number of ether oxygens (including phenoxy) is 4. The van der Waals surface area contributed by atoms with Crippen molar-refractivity contribution in [1.82, 2.24) is 0 Å². The van der Waals surface area contributed by atoms with Gasteiger partial charge in [-0.1, -0.05) is 48.6 Å². The molecule has 0 amide bonds. The van der Waals surface area contributed by atoms with E-state index < -0.39 is 0 Å². The molecule has 218 valence electrons. The number of thioether (sulfide) groups is 1. The van der Waals surface area contributed by atoms with E-state index in [1.165, 1.54) is 61.2 Å². The first kappa shape index (κ1) is 30.8. The molecule has 2 fully saturated rings. The predicted octanol–water partition coefficient (Wildman–Crippen LogP) is 9.10. The third-order valence-electron chi connectivity index (χ3n) is 8.52. The molecule has 1 aromatic carbocycles. The normalized spacial score (nSPS) is 25.0. The quantitative estimate of drug-likeness (QED) is 0.190. The van der Waals surface area contributed by atoms with Crippen molar-refractivity contribution in [2.45, 2.75) is 128 Å². The van der Waals surface area contributed by atoms with Crippen LogP contribution in [0.1, 0.15) is 109 Å². The highest BCUT2D eigenvalue weighted by Gasteiger charge is 2.34. The predicted molar refractivity (Wildman–Crippen MR) is 163 cm³/mol. The second-order valence-corrected chi connectivity index (χ2v) is 13.1. The molecule has 0 bridgehead atoms. The molecule has 0 N–H and O–H groups in total. The van der Waals surface area contributed by atoms with Gasteiger partial charge in [-0.2, -0.15) is 11.8 Å². The molecular weight excluding hydrogens is 504 g/mol. The molecule has 4 unspecified atom stereocenters. The lowest BCUT2D eigenvalue weighted by atomic mass is 9.85. The Kier molecular flexibility index (Phi) is 12.9. The summed E-state index contributed by atoms with van der Waals surface area (Å²) in [7, 11) is 0. The van der Waals surface area contributed by atoms with E-state index in [0.717, 1.165) is 64.6 Å². The summed E-state index contributed by atoms with van der Waals surface area (Å²) >= 11 is 2.10. The Hall–Kier alpha value is -1.11. The average Bonchev–Trinajstić information content (AvgIpc) is 2.98. The highest BCUT2D eigenvalue weighted by Crippen LogP contribution is 2.36. The Morgan fingerprint density at radius 3 is 1.97 bits per heavy atom. The van der Waals surface area contributed by atoms with Crippen LogP contribution >= 0.6 is 11.8 Å². The topological polar surface area (TPSA) is 36.9 Å². The summed E-state index contributed by atoms with van der Waals surface area (Å²) < 4.78 is 25.1. The second kappa shape index (κ2) is 16.4. The Morgan fingerprint density at radius 1 is 0.795 bits per heavy atom. The van der Waals surface area contributed by atoms with Crippen molar-refractivity contribution >= 4 is 11.8 Å². The van der Waals surface area contributed by atoms with Crippen LogP contribution in [0.4, 0.5) is 0 Å². The summed E-state index contributed by atoms with van der Waals surface area (Å²) in [5.74, 6) is 2.43. The molecule has 4 nitrogen and oxygen atoms in total. The first-order chi connectivity index (χ1) is 19.1. The van der Waals surface area contributed by atoms with Crippen LogP contribution in [-0.4, -0.2) is 42.9 Å². The van der Waals surface area contributed by atoms with Gasteiger partial charge < -0.3 is 18.9 Å². The number of hydrogen-bond donors (Lipinski definition) is 0. The summed E-state index contributed by atoms with van der Waals surface area (Å²) in [6, 6.07) is 10.7. The van der Waals surface area contributed by atoms with Gasteiger partial charge in [0.1, 0.15) is 0 Å². The molecular formula is C34H52O4S. The van der Waals surface area contributed by atoms with Gasteiger partial charge in [-0.15, -0.1) is 0 Å². The minimum atomic E-state index is -0.288. The number of hydrogen-bond acceptors (Lipinski definition) is 5. The van der Waals surface area contributed by atoms with Crippen LogP contribution < -0.4 is 0 Å². The average molecular weight is 557 g/mol. The molecule has 2 aliphatic heterocycles. The van der Waals surface area contributed by atoms with Crippen molar-refractivity contribution in [2.75, 3.05) is 24.7 Å². The fourth-order valence-electron chi connectivity index (χ4n) is 6.02. The summed E-state index contributed by atoms with van der Waals surface area (Å²) in [5, 5.41) is 0. The number of unbranched alkanes of at least 4 members (excludes halogenated alkanes) is 2. The highest BCUT2D eigenvalue weighted by molar-refractivity contribution is 7.99. The van der Waals surface area contributed by atoms with E-state index in [-0.39, 0.29) is 23.8 Å². The standard InChI is InChI=1S/C34H52O4S/c1-33(29-17-5-3-6-18-29,37-31-21-9-13-25-35-31)23-11-15-27-39-28-16-12-24-34(2,30-19-7-4-8-20-30)38-32-22-10-14-26-36-32/h3-7,17-19,31-32H,8-16,20-28H2,1-2H3. The van der Waals surface area contributed by atoms with Gasteiger partial charge in [0.25, 0.3) is 0 Å². The Morgan fingerprint density at radius 2 is 1.41 bits per heavy atom. The lowest BCUT2D eigenvalue weighted by Gasteiger charge is -2.38. The van der Waals surface area contributed by atoms with E-state index in [4.69, 9.17) is 18.9 Å². The van der Waals surface area contributed by atoms with E-state index in [1.807, 2.05) is 0 Å². The largest absolute Gasteiger partial charge is 0.353 e. The monoisotopic (exact) mass is 556 g/mol. The molecule has 2 saturated heterocycles. The van der Waals surface area contributed by atoms with Gasteiger partial charge in [0.2, 0.25) is 0 Å². The van der Waals surface area contributed by atoms with Gasteiger partial charge >= 0.3 is 0 Å². The van der Waals surface area contributed by atoms with Crippen LogP contribution in [0.3, 0.4) is 0 Å². The molecule has 39 heavy (non-hydrogen) atoms. The van der Waals surface area contributed by atoms with Crippen molar-refractivity contribution < 1.29 is 18.9 Å². The first-order valence-electron chi connectivity index (χ1n) is 15.7. The fourth-order valence-corrected chi connectivity index (χ4v) is 7.04. The van der Waals surface area contributed by atoms with Crippen LogP contribution in [-0.2, 0) is 24.5 Å². The van der Waals surface area contributed by atoms with E-state index in [1.54, 1.807) is 0 Å². The van der Waals surface area contributed by atoms with E-state index in [0.29, 0.717) is 0 Å². The summed E-state index contributed by atoms with van der Waals surface area (Å²) in [6.45, 7) is 6.21. The minimum Gasteiger partial charge on any atom is -0.353 e. The zero-order valence-electron chi connectivity index (χ0n) is 24.5. The Bertz CT molecular complexity index is 874. The molecule has 3 aliphatic rings. The molecule has 4 atom stereocenters. The molecule has 5 heteroatoms. The zero-order valence-corrected chi connectivity index (χ0v) is 25.4. The van der Waals surface area contributed by atoms with Gasteiger partial charge in [-0.3, -0.25) is 0 Å². The molecule has 2 heterocycles. The summed E-state index contributed by atoms with van der Waals surface area (Å²) in [6.07, 6.45) is 22.5. The smallest absolute Gasteiger partial charge is 0.158 e. The van der Waals surface area contributed by atoms with Gasteiger partial charge in [-0.25, -0.2) is 0 Å². The van der Waals surface area contributed by atoms with Crippen molar-refractivity contribution in [2.24, 2.45) is 0 Å². The lowest BCUT2D eigenvalue weighted by molar-refractivity contribution is -0.226. The van der Waals surface area contributed by atoms with Gasteiger partial charge in [0, 0.05) is 13.2 Å². The van der Waals surface area contributed by atoms with Crippen LogP contribution in [0.5, 0.6) is 0 Å². The van der Waals surface area contributed by atoms with Crippen molar-refractivity contribution in [3.05, 3.63) is 59.7 Å². The summed E-state index contributed by atoms with van der Waals surface area (Å²) in [5.41, 5.74) is 2.21. The van der Waals surface area contributed by atoms with Crippen LogP contribution in [0, 0.1) is 0 Å². The molecule has 1 aliphatic carbocycles. The zero-order chi connectivity index (χ0) is 27.2. The number of allylic oxidation sites excluding steroid dienone is 3. The van der Waals surface area contributed by atoms with Crippen LogP contribution in [0.15, 0.2) is 54.1 Å². The van der Waals surface area contributed by atoms with Crippen molar-refractivity contribution in [1.29, 1.82) is 0 Å². The van der Waals surface area contributed by atoms with Crippen LogP contribution in [0.2, 0.25) is 0 Å². The second-order valence-electron chi connectivity index (χ2n) is 11.8. The summed E-state index contributed by atoms with van der Waals surface area (Å²) in [4.78, 5) is 0. The van der Waals surface area contributed by atoms with Gasteiger partial charge in [-0.05, 0) is 126 Å². The van der Waals surface area contributed by atoms with Crippen LogP contribution in [0.25, 0.3) is 0 Å². The van der Waals surface area contributed by atoms with Crippen molar-refractivity contribution in [3.8, 4) is 0 Å². The molecule has 0 saturated carbocycles. The third kappa shape index (κ3) is 10.0. The maximum atomic E-state index is 6.65. The fraction of sp³-hybridized carbons (Fsp3) is 0.706. The number of benzene rings is 1. The molecule has 4 rings (SSSR count).